The zero-order chi connectivity index (χ0) is 16.5. The van der Waals surface area contributed by atoms with Gasteiger partial charge in [-0.25, -0.2) is 4.68 Å². The molecule has 0 saturated carbocycles. The number of likely N-dealkylation sites (tertiary alicyclic amines) is 1. The molecular formula is C16H20N4O3S. The van der Waals surface area contributed by atoms with Crippen molar-refractivity contribution in [3.63, 3.8) is 0 Å². The molecule has 24 heavy (non-hydrogen) atoms. The van der Waals surface area contributed by atoms with Crippen molar-refractivity contribution in [3.05, 3.63) is 22.5 Å². The number of carbonyl (C=O) groups excluding carboxylic acids is 1. The predicted octanol–water partition coefficient (Wildman–Crippen LogP) is 2.23. The number of hydrogen-bond acceptors (Lipinski definition) is 6. The summed E-state index contributed by atoms with van der Waals surface area (Å²) in [6, 6.07) is 2.16. The summed E-state index contributed by atoms with van der Waals surface area (Å²) in [5.74, 6) is 1.75. The lowest BCUT2D eigenvalue weighted by molar-refractivity contribution is 0.101. The van der Waals surface area contributed by atoms with Crippen LogP contribution in [-0.2, 0) is 0 Å². The number of hydrogen-bond donors (Lipinski definition) is 1. The molecule has 2 aliphatic rings. The number of fused-ring (bicyclic) bond motifs is 1. The van der Waals surface area contributed by atoms with E-state index < -0.39 is 0 Å². The minimum Gasteiger partial charge on any atom is -0.485 e. The summed E-state index contributed by atoms with van der Waals surface area (Å²) in [6.07, 6.45) is 3.80. The van der Waals surface area contributed by atoms with Gasteiger partial charge >= 0.3 is 0 Å². The number of anilines is 1. The molecule has 1 fully saturated rings. The van der Waals surface area contributed by atoms with E-state index in [4.69, 9.17) is 9.47 Å². The monoisotopic (exact) mass is 348 g/mol. The molecule has 0 atom stereocenters. The fourth-order valence-corrected chi connectivity index (χ4v) is 3.96. The van der Waals surface area contributed by atoms with Gasteiger partial charge in [0.2, 0.25) is 0 Å². The van der Waals surface area contributed by atoms with Gasteiger partial charge in [0.05, 0.1) is 12.2 Å². The molecule has 1 amide bonds. The highest BCUT2D eigenvalue weighted by molar-refractivity contribution is 7.13. The molecule has 128 valence electrons. The van der Waals surface area contributed by atoms with Gasteiger partial charge in [0.15, 0.2) is 11.5 Å². The van der Waals surface area contributed by atoms with Gasteiger partial charge in [-0.05, 0) is 33.0 Å². The van der Waals surface area contributed by atoms with Crippen LogP contribution < -0.4 is 14.8 Å². The Kier molecular flexibility index (Phi) is 4.15. The van der Waals surface area contributed by atoms with Crippen molar-refractivity contribution in [1.82, 2.24) is 14.7 Å². The number of thiophene rings is 1. The Bertz CT molecular complexity index is 734. The number of rotatable bonds is 3. The van der Waals surface area contributed by atoms with Gasteiger partial charge in [0.25, 0.3) is 5.91 Å². The molecule has 2 aliphatic heterocycles. The van der Waals surface area contributed by atoms with E-state index in [1.807, 2.05) is 16.1 Å². The number of piperidine rings is 1. The van der Waals surface area contributed by atoms with Crippen LogP contribution in [0.5, 0.6) is 11.5 Å². The van der Waals surface area contributed by atoms with Crippen molar-refractivity contribution in [2.75, 3.05) is 38.7 Å². The van der Waals surface area contributed by atoms with Crippen molar-refractivity contribution in [2.45, 2.75) is 18.9 Å². The van der Waals surface area contributed by atoms with Crippen molar-refractivity contribution in [3.8, 4) is 11.5 Å². The predicted molar refractivity (Wildman–Crippen MR) is 91.3 cm³/mol. The SMILES string of the molecule is CN1CCC(n2nccc2NC(=O)c2scc3c2OCCO3)CC1. The Labute approximate surface area is 144 Å². The first kappa shape index (κ1) is 15.5. The maximum atomic E-state index is 12.6. The van der Waals surface area contributed by atoms with E-state index in [9.17, 15) is 4.79 Å². The van der Waals surface area contributed by atoms with Crippen LogP contribution in [0.3, 0.4) is 0 Å². The Hall–Kier alpha value is -2.06. The second kappa shape index (κ2) is 6.45. The molecule has 0 aromatic carbocycles. The Balaban J connectivity index is 1.51. The molecule has 0 unspecified atom stereocenters. The molecule has 0 radical (unpaired) electrons. The quantitative estimate of drug-likeness (QED) is 0.921. The molecular weight excluding hydrogens is 328 g/mol. The van der Waals surface area contributed by atoms with E-state index in [-0.39, 0.29) is 5.91 Å². The summed E-state index contributed by atoms with van der Waals surface area (Å²) in [7, 11) is 2.13. The summed E-state index contributed by atoms with van der Waals surface area (Å²) in [5.41, 5.74) is 0. The Morgan fingerprint density at radius 1 is 1.33 bits per heavy atom. The highest BCUT2D eigenvalue weighted by atomic mass is 32.1. The zero-order valence-electron chi connectivity index (χ0n) is 13.5. The van der Waals surface area contributed by atoms with Gasteiger partial charge in [0.1, 0.15) is 23.9 Å². The average molecular weight is 348 g/mol. The lowest BCUT2D eigenvalue weighted by atomic mass is 10.1. The van der Waals surface area contributed by atoms with Crippen molar-refractivity contribution in [1.29, 1.82) is 0 Å². The lowest BCUT2D eigenvalue weighted by Gasteiger charge is -2.30. The summed E-state index contributed by atoms with van der Waals surface area (Å²) in [6.45, 7) is 3.08. The van der Waals surface area contributed by atoms with E-state index in [1.165, 1.54) is 11.3 Å². The van der Waals surface area contributed by atoms with Crippen LogP contribution in [0.1, 0.15) is 28.6 Å². The topological polar surface area (TPSA) is 68.6 Å². The Morgan fingerprint density at radius 2 is 2.12 bits per heavy atom. The number of carbonyl (C=O) groups is 1. The molecule has 4 heterocycles. The zero-order valence-corrected chi connectivity index (χ0v) is 14.3. The minimum absolute atomic E-state index is 0.179. The second-order valence-electron chi connectivity index (χ2n) is 6.10. The number of aromatic nitrogens is 2. The molecule has 2 aromatic rings. The van der Waals surface area contributed by atoms with E-state index >= 15 is 0 Å². The minimum atomic E-state index is -0.179. The molecule has 0 spiro atoms. The largest absolute Gasteiger partial charge is 0.485 e. The van der Waals surface area contributed by atoms with Crippen LogP contribution in [0, 0.1) is 0 Å². The third kappa shape index (κ3) is 2.87. The summed E-state index contributed by atoms with van der Waals surface area (Å²) >= 11 is 1.34. The standard InChI is InChI=1S/C16H20N4O3S/c1-19-6-3-11(4-7-19)20-13(2-5-17-20)18-16(21)15-14-12(10-24-15)22-8-9-23-14/h2,5,10-11H,3-4,6-9H2,1H3,(H,18,21). The fourth-order valence-electron chi connectivity index (χ4n) is 3.14. The third-order valence-electron chi connectivity index (χ3n) is 4.45. The van der Waals surface area contributed by atoms with E-state index in [2.05, 4.69) is 22.4 Å². The normalized spacial score (nSPS) is 18.5. The van der Waals surface area contributed by atoms with Crippen LogP contribution in [0.4, 0.5) is 5.82 Å². The molecule has 1 N–H and O–H groups in total. The molecule has 4 rings (SSSR count). The maximum Gasteiger partial charge on any atom is 0.270 e. The Morgan fingerprint density at radius 3 is 2.96 bits per heavy atom. The highest BCUT2D eigenvalue weighted by Gasteiger charge is 2.26. The number of amides is 1. The van der Waals surface area contributed by atoms with Crippen LogP contribution >= 0.6 is 11.3 Å². The first-order valence-electron chi connectivity index (χ1n) is 8.13. The number of ether oxygens (including phenoxy) is 2. The molecule has 0 aliphatic carbocycles. The highest BCUT2D eigenvalue weighted by Crippen LogP contribution is 2.39. The van der Waals surface area contributed by atoms with Crippen LogP contribution in [0.15, 0.2) is 17.6 Å². The summed E-state index contributed by atoms with van der Waals surface area (Å²) < 4.78 is 13.0. The van der Waals surface area contributed by atoms with Crippen LogP contribution in [0.2, 0.25) is 0 Å². The van der Waals surface area contributed by atoms with Gasteiger partial charge in [0, 0.05) is 11.4 Å². The van der Waals surface area contributed by atoms with E-state index in [0.29, 0.717) is 35.6 Å². The molecule has 2 aromatic heterocycles. The third-order valence-corrected chi connectivity index (χ3v) is 5.39. The number of nitrogens with zero attached hydrogens (tertiary/aromatic N) is 3. The van der Waals surface area contributed by atoms with Gasteiger partial charge in [-0.3, -0.25) is 4.79 Å². The maximum absolute atomic E-state index is 12.6. The van der Waals surface area contributed by atoms with Crippen LogP contribution in [-0.4, -0.2) is 53.9 Å². The smallest absolute Gasteiger partial charge is 0.270 e. The lowest BCUT2D eigenvalue weighted by Crippen LogP contribution is -2.32. The van der Waals surface area contributed by atoms with Crippen molar-refractivity contribution in [2.24, 2.45) is 0 Å². The first-order valence-corrected chi connectivity index (χ1v) is 9.01. The van der Waals surface area contributed by atoms with Crippen molar-refractivity contribution < 1.29 is 14.3 Å². The van der Waals surface area contributed by atoms with Gasteiger partial charge in [-0.2, -0.15) is 5.10 Å². The van der Waals surface area contributed by atoms with Gasteiger partial charge in [-0.15, -0.1) is 11.3 Å². The average Bonchev–Trinajstić information content (AvgIpc) is 3.22. The molecule has 7 nitrogen and oxygen atoms in total. The summed E-state index contributed by atoms with van der Waals surface area (Å²) in [5, 5.41) is 9.21. The fraction of sp³-hybridized carbons (Fsp3) is 0.500. The van der Waals surface area contributed by atoms with Gasteiger partial charge in [-0.1, -0.05) is 0 Å². The number of nitrogens with one attached hydrogen (secondary N) is 1. The van der Waals surface area contributed by atoms with E-state index in [1.54, 1.807) is 6.20 Å². The summed E-state index contributed by atoms with van der Waals surface area (Å²) in [4.78, 5) is 15.5. The van der Waals surface area contributed by atoms with E-state index in [0.717, 1.165) is 31.7 Å². The molecule has 8 heteroatoms. The molecule has 1 saturated heterocycles. The van der Waals surface area contributed by atoms with Crippen LogP contribution in [0.25, 0.3) is 0 Å². The molecule has 0 bridgehead atoms. The first-order chi connectivity index (χ1) is 11.7. The van der Waals surface area contributed by atoms with Crippen molar-refractivity contribution >= 4 is 23.1 Å². The van der Waals surface area contributed by atoms with Gasteiger partial charge < -0.3 is 19.7 Å². The second-order valence-corrected chi connectivity index (χ2v) is 6.98.